The van der Waals surface area contributed by atoms with Crippen molar-refractivity contribution in [3.8, 4) is 11.5 Å². The lowest BCUT2D eigenvalue weighted by atomic mass is 10.1. The van der Waals surface area contributed by atoms with Crippen LogP contribution in [0.15, 0.2) is 42.1 Å². The number of halogens is 1. The van der Waals surface area contributed by atoms with Gasteiger partial charge in [-0.3, -0.25) is 14.5 Å². The Morgan fingerprint density at radius 2 is 1.88 bits per heavy atom. The molecule has 0 aliphatic carbocycles. The molecule has 0 bridgehead atoms. The fourth-order valence-corrected chi connectivity index (χ4v) is 3.85. The Morgan fingerprint density at radius 3 is 2.50 bits per heavy atom. The van der Waals surface area contributed by atoms with Crippen LogP contribution in [0, 0.1) is 10.5 Å². The van der Waals surface area contributed by atoms with Crippen molar-refractivity contribution in [2.24, 2.45) is 0 Å². The van der Waals surface area contributed by atoms with E-state index in [9.17, 15) is 14.4 Å². The molecule has 2 N–H and O–H groups in total. The van der Waals surface area contributed by atoms with Gasteiger partial charge in [0.05, 0.1) is 10.2 Å². The molecule has 1 aliphatic rings. The van der Waals surface area contributed by atoms with Crippen LogP contribution in [0.1, 0.15) is 25.0 Å². The van der Waals surface area contributed by atoms with Crippen LogP contribution < -0.4 is 20.1 Å². The summed E-state index contributed by atoms with van der Waals surface area (Å²) < 4.78 is 12.2. The van der Waals surface area contributed by atoms with Gasteiger partial charge >= 0.3 is 6.03 Å². The first-order chi connectivity index (χ1) is 15.3. The molecule has 9 heteroatoms. The molecule has 2 aromatic carbocycles. The average Bonchev–Trinajstić information content (AvgIpc) is 3.01. The van der Waals surface area contributed by atoms with Gasteiger partial charge in [0.25, 0.3) is 11.8 Å². The van der Waals surface area contributed by atoms with Crippen molar-refractivity contribution in [1.29, 1.82) is 0 Å². The van der Waals surface area contributed by atoms with Crippen LogP contribution in [0.2, 0.25) is 0 Å². The molecule has 2 aromatic rings. The number of amides is 4. The number of nitrogens with zero attached hydrogens (tertiary/aromatic N) is 1. The minimum Gasteiger partial charge on any atom is -0.490 e. The second-order valence-electron chi connectivity index (χ2n) is 7.00. The Balaban J connectivity index is 1.76. The fraction of sp³-hybridized carbons (Fsp3) is 0.261. The summed E-state index contributed by atoms with van der Waals surface area (Å²) in [4.78, 5) is 37.6. The Hall–Kier alpha value is -3.08. The predicted molar refractivity (Wildman–Crippen MR) is 130 cm³/mol. The van der Waals surface area contributed by atoms with Crippen LogP contribution in [0.5, 0.6) is 11.5 Å². The first-order valence-electron chi connectivity index (χ1n) is 10.1. The van der Waals surface area contributed by atoms with E-state index in [1.807, 2.05) is 38.1 Å². The molecule has 1 heterocycles. The van der Waals surface area contributed by atoms with Crippen molar-refractivity contribution in [3.05, 3.63) is 56.8 Å². The summed E-state index contributed by atoms with van der Waals surface area (Å²) in [6.45, 7) is 6.04. The predicted octanol–water partition coefficient (Wildman–Crippen LogP) is 3.93. The van der Waals surface area contributed by atoms with Gasteiger partial charge in [0, 0.05) is 12.2 Å². The minimum atomic E-state index is -0.442. The van der Waals surface area contributed by atoms with E-state index < -0.39 is 6.03 Å². The molecule has 8 nitrogen and oxygen atoms in total. The Morgan fingerprint density at radius 1 is 1.16 bits per heavy atom. The number of carbonyl (C=O) groups is 3. The van der Waals surface area contributed by atoms with Crippen LogP contribution in [-0.4, -0.2) is 42.5 Å². The van der Waals surface area contributed by atoms with E-state index in [4.69, 9.17) is 9.47 Å². The Bertz CT molecular complexity index is 1070. The lowest BCUT2D eigenvalue weighted by Gasteiger charge is -2.15. The van der Waals surface area contributed by atoms with Crippen LogP contribution >= 0.6 is 22.6 Å². The Labute approximate surface area is 200 Å². The molecule has 168 valence electrons. The first-order valence-corrected chi connectivity index (χ1v) is 11.2. The number of urea groups is 1. The monoisotopic (exact) mass is 549 g/mol. The topological polar surface area (TPSA) is 97.0 Å². The zero-order valence-electron chi connectivity index (χ0n) is 18.0. The molecule has 0 radical (unpaired) electrons. The summed E-state index contributed by atoms with van der Waals surface area (Å²) in [6.07, 6.45) is 1.59. The number of imide groups is 1. The number of anilines is 1. The number of hydrogen-bond acceptors (Lipinski definition) is 5. The summed E-state index contributed by atoms with van der Waals surface area (Å²) in [5.74, 6) is 0.208. The summed E-state index contributed by atoms with van der Waals surface area (Å²) in [5.41, 5.74) is 2.65. The van der Waals surface area contributed by atoms with Gasteiger partial charge in [-0.1, -0.05) is 17.7 Å². The van der Waals surface area contributed by atoms with Crippen LogP contribution in [-0.2, 0) is 9.59 Å². The number of rotatable bonds is 8. The summed E-state index contributed by atoms with van der Waals surface area (Å²) in [5, 5.41) is 5.37. The third-order valence-corrected chi connectivity index (χ3v) is 5.41. The molecule has 0 saturated carbocycles. The van der Waals surface area contributed by atoms with Gasteiger partial charge in [0.2, 0.25) is 0 Å². The second-order valence-corrected chi connectivity index (χ2v) is 8.17. The fourth-order valence-electron chi connectivity index (χ4n) is 3.07. The molecule has 0 unspecified atom stereocenters. The highest BCUT2D eigenvalue weighted by atomic mass is 127. The highest BCUT2D eigenvalue weighted by Gasteiger charge is 2.32. The standard InChI is InChI=1S/C23H24IN3O5/c1-4-27-22(29)18(26-23(27)30)11-15-10-17(24)21(19(12-15)31-5-2)32-13-20(28)25-16-8-6-14(3)7-9-16/h6-12H,4-5,13H2,1-3H3,(H,25,28)(H,26,30)/b18-11+. The van der Waals surface area contributed by atoms with Crippen molar-refractivity contribution in [1.82, 2.24) is 10.2 Å². The van der Waals surface area contributed by atoms with E-state index in [1.54, 1.807) is 25.1 Å². The molecule has 3 rings (SSSR count). The molecule has 0 aromatic heterocycles. The van der Waals surface area contributed by atoms with Crippen molar-refractivity contribution < 1.29 is 23.9 Å². The van der Waals surface area contributed by atoms with Crippen molar-refractivity contribution >= 4 is 52.2 Å². The number of aryl methyl sites for hydroxylation is 1. The highest BCUT2D eigenvalue weighted by Crippen LogP contribution is 2.35. The second kappa shape index (κ2) is 10.5. The SMILES string of the molecule is CCOc1cc(/C=C2/NC(=O)N(CC)C2=O)cc(I)c1OCC(=O)Nc1ccc(C)cc1. The van der Waals surface area contributed by atoms with E-state index in [-0.39, 0.29) is 24.1 Å². The van der Waals surface area contributed by atoms with Crippen molar-refractivity contribution in [2.45, 2.75) is 20.8 Å². The van der Waals surface area contributed by atoms with Crippen molar-refractivity contribution in [2.75, 3.05) is 25.1 Å². The van der Waals surface area contributed by atoms with E-state index in [1.165, 1.54) is 0 Å². The van der Waals surface area contributed by atoms with Gasteiger partial charge in [0.15, 0.2) is 18.1 Å². The Kier molecular flexibility index (Phi) is 7.73. The molecular formula is C23H24IN3O5. The number of hydrogen-bond donors (Lipinski definition) is 2. The largest absolute Gasteiger partial charge is 0.490 e. The molecular weight excluding hydrogens is 525 g/mol. The van der Waals surface area contributed by atoms with Crippen LogP contribution in [0.25, 0.3) is 6.08 Å². The molecule has 4 amide bonds. The van der Waals surface area contributed by atoms with Gasteiger partial charge in [-0.25, -0.2) is 4.79 Å². The van der Waals surface area contributed by atoms with E-state index >= 15 is 0 Å². The zero-order chi connectivity index (χ0) is 23.3. The maximum absolute atomic E-state index is 12.3. The summed E-state index contributed by atoms with van der Waals surface area (Å²) in [6, 6.07) is 10.5. The average molecular weight is 549 g/mol. The van der Waals surface area contributed by atoms with E-state index in [0.717, 1.165) is 10.5 Å². The number of carbonyl (C=O) groups excluding carboxylic acids is 3. The van der Waals surface area contributed by atoms with Gasteiger partial charge in [-0.15, -0.1) is 0 Å². The maximum Gasteiger partial charge on any atom is 0.328 e. The summed E-state index contributed by atoms with van der Waals surface area (Å²) in [7, 11) is 0. The molecule has 1 aliphatic heterocycles. The molecule has 0 spiro atoms. The number of benzene rings is 2. The first kappa shape index (κ1) is 23.6. The van der Waals surface area contributed by atoms with Crippen LogP contribution in [0.3, 0.4) is 0 Å². The number of likely N-dealkylation sites (N-methyl/N-ethyl adjacent to an activating group) is 1. The van der Waals surface area contributed by atoms with Gasteiger partial charge in [-0.05, 0) is 79.3 Å². The molecule has 32 heavy (non-hydrogen) atoms. The third-order valence-electron chi connectivity index (χ3n) is 4.60. The van der Waals surface area contributed by atoms with E-state index in [2.05, 4.69) is 33.2 Å². The van der Waals surface area contributed by atoms with Gasteiger partial charge in [-0.2, -0.15) is 0 Å². The quantitative estimate of drug-likeness (QED) is 0.296. The normalized spacial score (nSPS) is 14.5. The smallest absolute Gasteiger partial charge is 0.328 e. The van der Waals surface area contributed by atoms with Gasteiger partial charge < -0.3 is 20.1 Å². The number of nitrogens with one attached hydrogen (secondary N) is 2. The zero-order valence-corrected chi connectivity index (χ0v) is 20.2. The summed E-state index contributed by atoms with van der Waals surface area (Å²) >= 11 is 2.08. The lowest BCUT2D eigenvalue weighted by Crippen LogP contribution is -2.30. The number of ether oxygens (including phenoxy) is 2. The molecule has 1 saturated heterocycles. The van der Waals surface area contributed by atoms with E-state index in [0.29, 0.717) is 39.5 Å². The van der Waals surface area contributed by atoms with Crippen LogP contribution in [0.4, 0.5) is 10.5 Å². The van der Waals surface area contributed by atoms with Gasteiger partial charge in [0.1, 0.15) is 5.70 Å². The molecule has 1 fully saturated rings. The third kappa shape index (κ3) is 5.58. The lowest BCUT2D eigenvalue weighted by molar-refractivity contribution is -0.122. The minimum absolute atomic E-state index is 0.190. The maximum atomic E-state index is 12.3. The highest BCUT2D eigenvalue weighted by molar-refractivity contribution is 14.1. The molecule has 0 atom stereocenters. The van der Waals surface area contributed by atoms with Crippen molar-refractivity contribution in [3.63, 3.8) is 0 Å².